The van der Waals surface area contributed by atoms with Gasteiger partial charge in [0, 0.05) is 19.3 Å². The lowest BCUT2D eigenvalue weighted by Gasteiger charge is -2.18. The molecule has 0 saturated carbocycles. The molecule has 0 aliphatic rings. The molecule has 6 heteroatoms. The van der Waals surface area contributed by atoms with Gasteiger partial charge in [0.2, 0.25) is 0 Å². The van der Waals surface area contributed by atoms with E-state index in [-0.39, 0.29) is 31.1 Å². The van der Waals surface area contributed by atoms with Gasteiger partial charge in [-0.1, -0.05) is 298 Å². The molecule has 2 atom stereocenters. The summed E-state index contributed by atoms with van der Waals surface area (Å²) in [5.41, 5.74) is 0. The Kier molecular flexibility index (Phi) is 51.0. The van der Waals surface area contributed by atoms with Crippen molar-refractivity contribution in [1.29, 1.82) is 0 Å². The molecular formula is C61H118O6. The number of carbonyl (C=O) groups is 3. The van der Waals surface area contributed by atoms with Crippen molar-refractivity contribution in [2.75, 3.05) is 13.2 Å². The zero-order valence-corrected chi connectivity index (χ0v) is 46.2. The summed E-state index contributed by atoms with van der Waals surface area (Å²) in [6.45, 7) is 13.8. The summed E-state index contributed by atoms with van der Waals surface area (Å²) < 4.78 is 16.9. The Morgan fingerprint density at radius 1 is 0.299 bits per heavy atom. The van der Waals surface area contributed by atoms with Crippen LogP contribution in [0.2, 0.25) is 0 Å². The first-order valence-corrected chi connectivity index (χ1v) is 30.1. The van der Waals surface area contributed by atoms with Crippen LogP contribution in [-0.2, 0) is 28.6 Å². The van der Waals surface area contributed by atoms with Crippen LogP contribution in [0.1, 0.15) is 337 Å². The van der Waals surface area contributed by atoms with Crippen LogP contribution in [0.3, 0.4) is 0 Å². The van der Waals surface area contributed by atoms with Crippen LogP contribution in [0.5, 0.6) is 0 Å². The van der Waals surface area contributed by atoms with E-state index in [1.54, 1.807) is 0 Å². The number of hydrogen-bond donors (Lipinski definition) is 0. The zero-order chi connectivity index (χ0) is 49.1. The second-order valence-corrected chi connectivity index (χ2v) is 22.2. The summed E-state index contributed by atoms with van der Waals surface area (Å²) in [4.78, 5) is 38.1. The highest BCUT2D eigenvalue weighted by Gasteiger charge is 2.19. The number of ether oxygens (including phenoxy) is 3. The van der Waals surface area contributed by atoms with Gasteiger partial charge in [0.1, 0.15) is 13.2 Å². The molecule has 0 radical (unpaired) electrons. The molecule has 1 unspecified atom stereocenters. The van der Waals surface area contributed by atoms with Crippen molar-refractivity contribution in [1.82, 2.24) is 0 Å². The van der Waals surface area contributed by atoms with Gasteiger partial charge in [0.05, 0.1) is 0 Å². The quantitative estimate of drug-likeness (QED) is 0.0343. The SMILES string of the molecule is CCC(C)CCCCCCCCCCCCCCCCCCCCC(=O)OC[C@@H](COC(=O)CCCCCCCCCC(C)C)OC(=O)CCCCCCCCCCCCCCCCC(C)C. The fraction of sp³-hybridized carbons (Fsp3) is 0.951. The van der Waals surface area contributed by atoms with Gasteiger partial charge in [0.15, 0.2) is 6.10 Å². The van der Waals surface area contributed by atoms with E-state index in [0.29, 0.717) is 19.3 Å². The third kappa shape index (κ3) is 53.6. The standard InChI is InChI=1S/C61H118O6/c1-7-57(6)49-43-37-31-25-21-17-12-10-8-9-11-13-18-22-26-32-38-44-50-59(62)65-53-58(54-66-60(63)51-45-39-34-28-30-36-42-48-56(4)5)67-61(64)52-46-40-33-27-23-19-15-14-16-20-24-29-35-41-47-55(2)3/h55-58H,7-54H2,1-6H3/t57?,58-/m0/s1. The number of rotatable bonds is 54. The zero-order valence-electron chi connectivity index (χ0n) is 46.2. The van der Waals surface area contributed by atoms with E-state index in [2.05, 4.69) is 41.5 Å². The normalized spacial score (nSPS) is 12.5. The molecule has 398 valence electrons. The first-order valence-electron chi connectivity index (χ1n) is 30.1. The molecule has 0 fully saturated rings. The Balaban J connectivity index is 4.20. The van der Waals surface area contributed by atoms with Gasteiger partial charge in [-0.05, 0) is 37.0 Å². The maximum Gasteiger partial charge on any atom is 0.306 e. The fourth-order valence-electron chi connectivity index (χ4n) is 9.32. The van der Waals surface area contributed by atoms with Crippen LogP contribution in [0.15, 0.2) is 0 Å². The molecule has 0 aromatic rings. The Morgan fingerprint density at radius 2 is 0.522 bits per heavy atom. The van der Waals surface area contributed by atoms with Gasteiger partial charge >= 0.3 is 17.9 Å². The first-order chi connectivity index (χ1) is 32.6. The average Bonchev–Trinajstić information content (AvgIpc) is 3.30. The van der Waals surface area contributed by atoms with E-state index in [1.165, 1.54) is 218 Å². The van der Waals surface area contributed by atoms with E-state index in [1.807, 2.05) is 0 Å². The fourth-order valence-corrected chi connectivity index (χ4v) is 9.32. The van der Waals surface area contributed by atoms with Crippen LogP contribution in [0, 0.1) is 17.8 Å². The smallest absolute Gasteiger partial charge is 0.306 e. The van der Waals surface area contributed by atoms with Crippen molar-refractivity contribution in [3.05, 3.63) is 0 Å². The molecule has 0 aromatic heterocycles. The van der Waals surface area contributed by atoms with Crippen molar-refractivity contribution >= 4 is 17.9 Å². The average molecular weight is 948 g/mol. The molecule has 0 N–H and O–H groups in total. The minimum atomic E-state index is -0.764. The predicted molar refractivity (Wildman–Crippen MR) is 289 cm³/mol. The minimum absolute atomic E-state index is 0.0638. The minimum Gasteiger partial charge on any atom is -0.462 e. The molecule has 0 aromatic carbocycles. The molecular weight excluding hydrogens is 829 g/mol. The summed E-state index contributed by atoms with van der Waals surface area (Å²) in [5, 5.41) is 0. The van der Waals surface area contributed by atoms with Gasteiger partial charge in [-0.15, -0.1) is 0 Å². The number of unbranched alkanes of at least 4 members (excludes halogenated alkanes) is 36. The van der Waals surface area contributed by atoms with E-state index in [4.69, 9.17) is 14.2 Å². The van der Waals surface area contributed by atoms with Crippen LogP contribution in [0.4, 0.5) is 0 Å². The lowest BCUT2D eigenvalue weighted by molar-refractivity contribution is -0.167. The van der Waals surface area contributed by atoms with Gasteiger partial charge in [-0.2, -0.15) is 0 Å². The molecule has 0 heterocycles. The van der Waals surface area contributed by atoms with E-state index >= 15 is 0 Å². The van der Waals surface area contributed by atoms with Crippen molar-refractivity contribution in [3.8, 4) is 0 Å². The highest BCUT2D eigenvalue weighted by Crippen LogP contribution is 2.19. The van der Waals surface area contributed by atoms with Gasteiger partial charge < -0.3 is 14.2 Å². The molecule has 0 aliphatic heterocycles. The van der Waals surface area contributed by atoms with Crippen LogP contribution in [-0.4, -0.2) is 37.2 Å². The van der Waals surface area contributed by atoms with Crippen molar-refractivity contribution in [2.45, 2.75) is 343 Å². The second kappa shape index (κ2) is 52.2. The molecule has 0 bridgehead atoms. The van der Waals surface area contributed by atoms with E-state index in [0.717, 1.165) is 75.5 Å². The number of esters is 3. The van der Waals surface area contributed by atoms with Gasteiger partial charge in [-0.25, -0.2) is 0 Å². The maximum absolute atomic E-state index is 12.9. The molecule has 67 heavy (non-hydrogen) atoms. The topological polar surface area (TPSA) is 78.9 Å². The molecule has 0 rings (SSSR count). The Labute approximate surface area is 418 Å². The summed E-state index contributed by atoms with van der Waals surface area (Å²) in [6.07, 6.45) is 55.4. The molecule has 0 aliphatic carbocycles. The molecule has 0 amide bonds. The summed E-state index contributed by atoms with van der Waals surface area (Å²) >= 11 is 0. The Hall–Kier alpha value is -1.59. The first kappa shape index (κ1) is 65.4. The lowest BCUT2D eigenvalue weighted by atomic mass is 9.99. The maximum atomic E-state index is 12.9. The monoisotopic (exact) mass is 947 g/mol. The van der Waals surface area contributed by atoms with E-state index in [9.17, 15) is 14.4 Å². The second-order valence-electron chi connectivity index (χ2n) is 22.2. The molecule has 0 saturated heterocycles. The third-order valence-electron chi connectivity index (χ3n) is 14.3. The van der Waals surface area contributed by atoms with Crippen molar-refractivity contribution in [2.24, 2.45) is 17.8 Å². The molecule has 6 nitrogen and oxygen atoms in total. The Bertz CT molecular complexity index is 1040. The highest BCUT2D eigenvalue weighted by molar-refractivity contribution is 5.71. The van der Waals surface area contributed by atoms with Crippen molar-refractivity contribution in [3.63, 3.8) is 0 Å². The number of hydrogen-bond acceptors (Lipinski definition) is 6. The van der Waals surface area contributed by atoms with Gasteiger partial charge in [0.25, 0.3) is 0 Å². The van der Waals surface area contributed by atoms with Gasteiger partial charge in [-0.3, -0.25) is 14.4 Å². The number of carbonyl (C=O) groups excluding carboxylic acids is 3. The van der Waals surface area contributed by atoms with Crippen LogP contribution in [0.25, 0.3) is 0 Å². The van der Waals surface area contributed by atoms with Crippen molar-refractivity contribution < 1.29 is 28.6 Å². The largest absolute Gasteiger partial charge is 0.462 e. The van der Waals surface area contributed by atoms with E-state index < -0.39 is 6.10 Å². The lowest BCUT2D eigenvalue weighted by Crippen LogP contribution is -2.30. The summed E-state index contributed by atoms with van der Waals surface area (Å²) in [7, 11) is 0. The third-order valence-corrected chi connectivity index (χ3v) is 14.3. The summed E-state index contributed by atoms with van der Waals surface area (Å²) in [6, 6.07) is 0. The summed E-state index contributed by atoms with van der Waals surface area (Å²) in [5.74, 6) is 1.69. The molecule has 0 spiro atoms. The Morgan fingerprint density at radius 3 is 0.776 bits per heavy atom. The van der Waals surface area contributed by atoms with Crippen LogP contribution < -0.4 is 0 Å². The predicted octanol–water partition coefficient (Wildman–Crippen LogP) is 19.9. The van der Waals surface area contributed by atoms with Crippen LogP contribution >= 0.6 is 0 Å². The highest BCUT2D eigenvalue weighted by atomic mass is 16.6.